The lowest BCUT2D eigenvalue weighted by Crippen LogP contribution is -2.31. The average molecular weight is 457 g/mol. The van der Waals surface area contributed by atoms with E-state index in [9.17, 15) is 26.0 Å². The highest BCUT2D eigenvalue weighted by molar-refractivity contribution is 7.89. The molecule has 1 aliphatic rings. The Bertz CT molecular complexity index is 1200. The third-order valence-corrected chi connectivity index (χ3v) is 6.55. The zero-order chi connectivity index (χ0) is 22.2. The Labute approximate surface area is 174 Å². The Morgan fingerprint density at radius 3 is 2.52 bits per heavy atom. The molecule has 4 rings (SSSR count). The lowest BCUT2D eigenvalue weighted by Gasteiger charge is -2.18. The van der Waals surface area contributed by atoms with Gasteiger partial charge in [-0.2, -0.15) is 22.5 Å². The highest BCUT2D eigenvalue weighted by atomic mass is 32.2. The molecule has 1 saturated heterocycles. The maximum atomic E-state index is 14.0. The summed E-state index contributed by atoms with van der Waals surface area (Å²) in [5.41, 5.74) is 0.164. The smallest absolute Gasteiger partial charge is 0.471 e. The van der Waals surface area contributed by atoms with Crippen molar-refractivity contribution in [2.45, 2.75) is 23.6 Å². The highest BCUT2D eigenvalue weighted by Gasteiger charge is 2.39. The Morgan fingerprint density at radius 1 is 1.10 bits per heavy atom. The molecule has 0 saturated carbocycles. The first kappa shape index (κ1) is 21.2. The number of hydrogen-bond acceptors (Lipinski definition) is 6. The van der Waals surface area contributed by atoms with E-state index in [1.807, 2.05) is 0 Å². The van der Waals surface area contributed by atoms with Gasteiger partial charge in [-0.3, -0.25) is 0 Å². The Morgan fingerprint density at radius 2 is 1.81 bits per heavy atom. The van der Waals surface area contributed by atoms with E-state index in [2.05, 4.69) is 14.7 Å². The van der Waals surface area contributed by atoms with Crippen LogP contribution in [0.3, 0.4) is 0 Å². The molecule has 0 bridgehead atoms. The van der Waals surface area contributed by atoms with Gasteiger partial charge < -0.3 is 9.26 Å². The van der Waals surface area contributed by atoms with Crippen LogP contribution in [0.1, 0.15) is 12.3 Å². The Hall–Kier alpha value is -2.99. The van der Waals surface area contributed by atoms with E-state index in [-0.39, 0.29) is 30.2 Å². The standard InChI is InChI=1S/C19H15F4N3O4S/c20-14-6-2-4-8-16(14)31(27,28)26-10-9-12(11-26)29-15-7-3-1-5-13(15)17-24-18(30-25-17)19(21,22)23/h1-8,12H,9-11H2. The quantitative estimate of drug-likeness (QED) is 0.543. The maximum Gasteiger partial charge on any atom is 0.471 e. The number of hydrogen-bond donors (Lipinski definition) is 0. The van der Waals surface area contributed by atoms with Gasteiger partial charge in [0, 0.05) is 6.54 Å². The minimum atomic E-state index is -4.78. The van der Waals surface area contributed by atoms with E-state index < -0.39 is 38.9 Å². The van der Waals surface area contributed by atoms with E-state index in [0.717, 1.165) is 10.4 Å². The monoisotopic (exact) mass is 457 g/mol. The van der Waals surface area contributed by atoms with Crippen molar-refractivity contribution in [2.24, 2.45) is 0 Å². The number of aromatic nitrogens is 2. The number of benzene rings is 2. The predicted molar refractivity (Wildman–Crippen MR) is 98.9 cm³/mol. The number of halogens is 4. The molecule has 1 aliphatic heterocycles. The van der Waals surface area contributed by atoms with Gasteiger partial charge in [0.2, 0.25) is 15.8 Å². The third kappa shape index (κ3) is 4.26. The van der Waals surface area contributed by atoms with Crippen LogP contribution in [0.25, 0.3) is 11.4 Å². The van der Waals surface area contributed by atoms with Crippen LogP contribution in [0.2, 0.25) is 0 Å². The second-order valence-corrected chi connectivity index (χ2v) is 8.65. The summed E-state index contributed by atoms with van der Waals surface area (Å²) >= 11 is 0. The van der Waals surface area contributed by atoms with Crippen LogP contribution in [0, 0.1) is 5.82 Å². The van der Waals surface area contributed by atoms with Crippen LogP contribution in [0.5, 0.6) is 5.75 Å². The summed E-state index contributed by atoms with van der Waals surface area (Å²) in [6, 6.07) is 11.2. The van der Waals surface area contributed by atoms with Crippen LogP contribution in [-0.4, -0.2) is 42.1 Å². The van der Waals surface area contributed by atoms with Gasteiger partial charge in [-0.15, -0.1) is 0 Å². The number of sulfonamides is 1. The van der Waals surface area contributed by atoms with Gasteiger partial charge in [-0.1, -0.05) is 29.4 Å². The van der Waals surface area contributed by atoms with Gasteiger partial charge in [0.1, 0.15) is 22.6 Å². The SMILES string of the molecule is O=S(=O)(c1ccccc1F)N1CCC(Oc2ccccc2-c2noc(C(F)(F)F)n2)C1. The molecule has 2 heterocycles. The molecular formula is C19H15F4N3O4S. The summed E-state index contributed by atoms with van der Waals surface area (Å²) in [6.07, 6.45) is -5.08. The van der Waals surface area contributed by atoms with Crippen molar-refractivity contribution in [3.63, 3.8) is 0 Å². The van der Waals surface area contributed by atoms with E-state index in [4.69, 9.17) is 4.74 Å². The molecule has 1 fully saturated rings. The molecule has 0 aliphatic carbocycles. The van der Waals surface area contributed by atoms with Gasteiger partial charge in [0.25, 0.3) is 0 Å². The van der Waals surface area contributed by atoms with Gasteiger partial charge in [-0.05, 0) is 30.7 Å². The second-order valence-electron chi connectivity index (χ2n) is 6.74. The van der Waals surface area contributed by atoms with Crippen LogP contribution in [-0.2, 0) is 16.2 Å². The third-order valence-electron chi connectivity index (χ3n) is 4.65. The average Bonchev–Trinajstić information content (AvgIpc) is 3.38. The fourth-order valence-corrected chi connectivity index (χ4v) is 4.74. The minimum Gasteiger partial charge on any atom is -0.488 e. The van der Waals surface area contributed by atoms with Crippen molar-refractivity contribution in [2.75, 3.05) is 13.1 Å². The molecule has 164 valence electrons. The fraction of sp³-hybridized carbons (Fsp3) is 0.263. The van der Waals surface area contributed by atoms with Crippen molar-refractivity contribution >= 4 is 10.0 Å². The molecule has 3 aromatic rings. The molecule has 0 N–H and O–H groups in total. The van der Waals surface area contributed by atoms with Crippen molar-refractivity contribution in [3.8, 4) is 17.1 Å². The predicted octanol–water partition coefficient (Wildman–Crippen LogP) is 3.74. The summed E-state index contributed by atoms with van der Waals surface area (Å²) in [4.78, 5) is 2.93. The van der Waals surface area contributed by atoms with Crippen LogP contribution >= 0.6 is 0 Å². The minimum absolute atomic E-state index is 0.0505. The summed E-state index contributed by atoms with van der Waals surface area (Å²) in [7, 11) is -4.06. The first-order chi connectivity index (χ1) is 14.7. The van der Waals surface area contributed by atoms with Crippen molar-refractivity contribution < 1.29 is 35.2 Å². The van der Waals surface area contributed by atoms with Crippen LogP contribution in [0.15, 0.2) is 57.9 Å². The first-order valence-electron chi connectivity index (χ1n) is 9.08. The number of nitrogens with zero attached hydrogens (tertiary/aromatic N) is 3. The topological polar surface area (TPSA) is 85.5 Å². The maximum absolute atomic E-state index is 14.0. The molecule has 12 heteroatoms. The molecule has 31 heavy (non-hydrogen) atoms. The first-order valence-corrected chi connectivity index (χ1v) is 10.5. The van der Waals surface area contributed by atoms with Gasteiger partial charge in [-0.25, -0.2) is 12.8 Å². The largest absolute Gasteiger partial charge is 0.488 e. The summed E-state index contributed by atoms with van der Waals surface area (Å²) < 4.78 is 88.9. The van der Waals surface area contributed by atoms with Crippen molar-refractivity contribution in [1.29, 1.82) is 0 Å². The van der Waals surface area contributed by atoms with Gasteiger partial charge in [0.05, 0.1) is 12.1 Å². The number of rotatable bonds is 5. The molecule has 0 radical (unpaired) electrons. The summed E-state index contributed by atoms with van der Waals surface area (Å²) in [5, 5.41) is 3.36. The van der Waals surface area contributed by atoms with E-state index in [1.54, 1.807) is 12.1 Å². The van der Waals surface area contributed by atoms with E-state index >= 15 is 0 Å². The van der Waals surface area contributed by atoms with Gasteiger partial charge in [0.15, 0.2) is 0 Å². The highest BCUT2D eigenvalue weighted by Crippen LogP contribution is 2.34. The molecule has 0 amide bonds. The van der Waals surface area contributed by atoms with E-state index in [0.29, 0.717) is 6.42 Å². The zero-order valence-corrected chi connectivity index (χ0v) is 16.5. The van der Waals surface area contributed by atoms with E-state index in [1.165, 1.54) is 30.3 Å². The Kier molecular flexibility index (Phi) is 5.43. The lowest BCUT2D eigenvalue weighted by atomic mass is 10.2. The van der Waals surface area contributed by atoms with Crippen LogP contribution in [0.4, 0.5) is 17.6 Å². The second kappa shape index (κ2) is 7.93. The molecule has 0 spiro atoms. The molecule has 1 aromatic heterocycles. The van der Waals surface area contributed by atoms with Crippen molar-refractivity contribution in [3.05, 3.63) is 60.2 Å². The summed E-state index contributed by atoms with van der Waals surface area (Å²) in [5.74, 6) is -2.47. The normalized spacial score (nSPS) is 17.7. The van der Waals surface area contributed by atoms with Crippen molar-refractivity contribution in [1.82, 2.24) is 14.4 Å². The molecule has 7 nitrogen and oxygen atoms in total. The fourth-order valence-electron chi connectivity index (χ4n) is 3.19. The van der Waals surface area contributed by atoms with Gasteiger partial charge >= 0.3 is 12.1 Å². The molecule has 1 unspecified atom stereocenters. The molecule has 2 aromatic carbocycles. The number of ether oxygens (including phenoxy) is 1. The zero-order valence-electron chi connectivity index (χ0n) is 15.7. The lowest BCUT2D eigenvalue weighted by molar-refractivity contribution is -0.159. The van der Waals surface area contributed by atoms with Crippen LogP contribution < -0.4 is 4.74 Å². The number of para-hydroxylation sites is 1. The number of alkyl halides is 3. The Balaban J connectivity index is 1.53. The summed E-state index contributed by atoms with van der Waals surface area (Å²) in [6.45, 7) is 0.0506. The molecule has 1 atom stereocenters. The molecular weight excluding hydrogens is 442 g/mol.